The number of unbranched alkanes of at least 4 members (excludes halogenated alkanes) is 1. The monoisotopic (exact) mass is 647 g/mol. The largest absolute Gasteiger partial charge is 0.444 e. The third-order valence-electron chi connectivity index (χ3n) is 8.58. The van der Waals surface area contributed by atoms with E-state index in [1.165, 1.54) is 6.20 Å². The van der Waals surface area contributed by atoms with Gasteiger partial charge < -0.3 is 31.9 Å². The molecule has 262 valence electrons. The van der Waals surface area contributed by atoms with Crippen molar-refractivity contribution in [2.75, 3.05) is 0 Å². The molecule has 1 aromatic heterocycles. The number of hydrogen-bond donors (Lipinski definition) is 5. The fraction of sp³-hybridized carbons (Fsp3) is 0.743. The highest BCUT2D eigenvalue weighted by Gasteiger charge is 2.53. The number of pyridine rings is 1. The Kier molecular flexibility index (Phi) is 16.5. The molecule has 0 aliphatic carbocycles. The average Bonchev–Trinajstić information content (AvgIpc) is 2.97. The fourth-order valence-electron chi connectivity index (χ4n) is 5.53. The molecule has 0 saturated heterocycles. The van der Waals surface area contributed by atoms with Gasteiger partial charge in [0.2, 0.25) is 5.91 Å². The summed E-state index contributed by atoms with van der Waals surface area (Å²) in [6.07, 6.45) is 1.81. The van der Waals surface area contributed by atoms with Crippen LogP contribution in [0.25, 0.3) is 0 Å². The molecule has 1 rings (SSSR count). The van der Waals surface area contributed by atoms with Gasteiger partial charge in [-0.2, -0.15) is 0 Å². The molecule has 7 atom stereocenters. The van der Waals surface area contributed by atoms with Gasteiger partial charge in [0.05, 0.1) is 23.9 Å². The van der Waals surface area contributed by atoms with Crippen LogP contribution in [-0.2, 0) is 19.1 Å². The van der Waals surface area contributed by atoms with Gasteiger partial charge in [-0.05, 0) is 69.9 Å². The lowest BCUT2D eigenvalue weighted by atomic mass is 9.65. The predicted molar refractivity (Wildman–Crippen MR) is 181 cm³/mol. The van der Waals surface area contributed by atoms with E-state index in [1.807, 2.05) is 34.6 Å². The molecule has 1 heterocycles. The number of amides is 2. The van der Waals surface area contributed by atoms with Crippen molar-refractivity contribution in [2.24, 2.45) is 34.6 Å². The lowest BCUT2D eigenvalue weighted by Gasteiger charge is -2.41. The molecule has 1 unspecified atom stereocenters. The van der Waals surface area contributed by atoms with Crippen molar-refractivity contribution < 1.29 is 29.0 Å². The maximum absolute atomic E-state index is 14.8. The van der Waals surface area contributed by atoms with Gasteiger partial charge in [-0.25, -0.2) is 4.79 Å². The number of Topliss-reactive ketones (excluding diaryl/α,β-unsaturated/α-hetero) is 2. The summed E-state index contributed by atoms with van der Waals surface area (Å²) in [5.41, 5.74) is 10.3. The normalized spacial score (nSPS) is 17.3. The number of carbonyl (C=O) groups excluding carboxylic acids is 4. The summed E-state index contributed by atoms with van der Waals surface area (Å²) in [6.45, 7) is 18.2. The van der Waals surface area contributed by atoms with E-state index in [4.69, 9.17) is 16.2 Å². The average molecular weight is 648 g/mol. The number of ketones is 2. The van der Waals surface area contributed by atoms with Crippen LogP contribution in [0.2, 0.25) is 0 Å². The van der Waals surface area contributed by atoms with Gasteiger partial charge >= 0.3 is 6.09 Å². The van der Waals surface area contributed by atoms with Crippen molar-refractivity contribution in [3.8, 4) is 0 Å². The maximum atomic E-state index is 14.8. The van der Waals surface area contributed by atoms with Crippen molar-refractivity contribution in [2.45, 2.75) is 144 Å². The van der Waals surface area contributed by atoms with Gasteiger partial charge in [0.25, 0.3) is 0 Å². The van der Waals surface area contributed by atoms with E-state index in [2.05, 4.69) is 15.6 Å². The van der Waals surface area contributed by atoms with Crippen LogP contribution in [0, 0.1) is 23.2 Å². The Balaban J connectivity index is 3.83. The first-order chi connectivity index (χ1) is 21.3. The maximum Gasteiger partial charge on any atom is 0.408 e. The minimum absolute atomic E-state index is 0.155. The summed E-state index contributed by atoms with van der Waals surface area (Å²) in [7, 11) is 0. The van der Waals surface area contributed by atoms with Crippen LogP contribution >= 0.6 is 0 Å². The van der Waals surface area contributed by atoms with Crippen molar-refractivity contribution in [1.29, 1.82) is 0 Å². The Labute approximate surface area is 276 Å². The van der Waals surface area contributed by atoms with Crippen LogP contribution in [0.1, 0.15) is 119 Å². The Bertz CT molecular complexity index is 1120. The molecule has 0 aliphatic rings. The number of ether oxygens (including phenoxy) is 1. The van der Waals surface area contributed by atoms with Gasteiger partial charge in [0.1, 0.15) is 17.1 Å². The number of carbonyl (C=O) groups is 4. The molecular formula is C35H61N5O6. The lowest BCUT2D eigenvalue weighted by Crippen LogP contribution is -2.60. The molecular weight excluding hydrogens is 586 g/mol. The van der Waals surface area contributed by atoms with E-state index in [0.29, 0.717) is 19.3 Å². The number of aromatic nitrogens is 1. The van der Waals surface area contributed by atoms with Gasteiger partial charge in [0.15, 0.2) is 11.6 Å². The number of alkyl carbamates (subject to hydrolysis) is 1. The zero-order chi connectivity index (χ0) is 35.4. The van der Waals surface area contributed by atoms with Gasteiger partial charge in [-0.15, -0.1) is 0 Å². The van der Waals surface area contributed by atoms with Gasteiger partial charge in [-0.1, -0.05) is 73.8 Å². The molecule has 0 saturated carbocycles. The summed E-state index contributed by atoms with van der Waals surface area (Å²) in [5.74, 6) is -2.50. The second-order valence-electron chi connectivity index (χ2n) is 14.4. The summed E-state index contributed by atoms with van der Waals surface area (Å²) >= 11 is 0. The van der Waals surface area contributed by atoms with E-state index in [-0.39, 0.29) is 30.4 Å². The molecule has 0 spiro atoms. The Morgan fingerprint density at radius 2 is 1.63 bits per heavy atom. The summed E-state index contributed by atoms with van der Waals surface area (Å²) in [4.78, 5) is 60.7. The number of aliphatic hydroxyl groups excluding tert-OH is 1. The topological polar surface area (TPSA) is 187 Å². The van der Waals surface area contributed by atoms with Crippen LogP contribution in [-0.4, -0.2) is 63.5 Å². The first-order valence-corrected chi connectivity index (χ1v) is 16.8. The zero-order valence-electron chi connectivity index (χ0n) is 29.8. The van der Waals surface area contributed by atoms with Crippen LogP contribution in [0.15, 0.2) is 24.4 Å². The van der Waals surface area contributed by atoms with Crippen LogP contribution < -0.4 is 22.1 Å². The minimum atomic E-state index is -1.89. The van der Waals surface area contributed by atoms with E-state index in [0.717, 1.165) is 6.42 Å². The first-order valence-electron chi connectivity index (χ1n) is 16.8. The number of hydrogen-bond acceptors (Lipinski definition) is 9. The molecule has 0 bridgehead atoms. The molecule has 0 fully saturated rings. The van der Waals surface area contributed by atoms with Crippen molar-refractivity contribution >= 4 is 23.6 Å². The van der Waals surface area contributed by atoms with Crippen LogP contribution in [0.5, 0.6) is 0 Å². The van der Waals surface area contributed by atoms with Crippen molar-refractivity contribution in [3.05, 3.63) is 30.1 Å². The second kappa shape index (κ2) is 18.4. The molecule has 7 N–H and O–H groups in total. The van der Waals surface area contributed by atoms with Gasteiger partial charge in [-0.3, -0.25) is 19.4 Å². The number of rotatable bonds is 19. The molecule has 46 heavy (non-hydrogen) atoms. The van der Waals surface area contributed by atoms with Crippen molar-refractivity contribution in [1.82, 2.24) is 15.6 Å². The Morgan fingerprint density at radius 3 is 2.11 bits per heavy atom. The lowest BCUT2D eigenvalue weighted by molar-refractivity contribution is -0.151. The number of nitrogens with two attached hydrogens (primary N) is 2. The summed E-state index contributed by atoms with van der Waals surface area (Å²) in [5, 5.41) is 17.0. The molecule has 0 radical (unpaired) electrons. The highest BCUT2D eigenvalue weighted by molar-refractivity contribution is 6.10. The number of nitrogens with one attached hydrogen (secondary N) is 2. The highest BCUT2D eigenvalue weighted by Crippen LogP contribution is 2.38. The van der Waals surface area contributed by atoms with E-state index >= 15 is 0 Å². The second-order valence-corrected chi connectivity index (χ2v) is 14.4. The molecule has 0 aliphatic heterocycles. The third kappa shape index (κ3) is 11.7. The standard InChI is InChI=1S/C35H61N5O6/c1-11-13-16-26(39-33(45)46-34(8,9)10)31(43)35(22(5)6,20-27(41)24(36)19-21(3)4)32(44)40-29(25-17-14-15-18-38-25)30(42)28(37)23(7)12-2/h14-15,17-18,21-24,26-29,41H,11-13,16,19-20,36-37H2,1-10H3,(H,39,45)(H,40,44)/t23-,24-,26-,27-,28-,29?,35-/m0/s1. The fourth-order valence-corrected chi connectivity index (χ4v) is 5.53. The SMILES string of the molecule is CCCC[C@H](NC(=O)OC(C)(C)C)C(=O)[C@@](C[C@H](O)[C@@H](N)CC(C)C)(C(=O)NC(C(=O)[C@@H](N)[C@@H](C)CC)c1ccccn1)C(C)C. The van der Waals surface area contributed by atoms with E-state index in [1.54, 1.807) is 52.8 Å². The Hall–Kier alpha value is -2.89. The molecule has 1 aromatic rings. The first kappa shape index (κ1) is 41.1. The highest BCUT2D eigenvalue weighted by atomic mass is 16.6. The van der Waals surface area contributed by atoms with E-state index in [9.17, 15) is 24.3 Å². The van der Waals surface area contributed by atoms with Crippen LogP contribution in [0.3, 0.4) is 0 Å². The van der Waals surface area contributed by atoms with Crippen molar-refractivity contribution in [3.63, 3.8) is 0 Å². The number of nitrogens with zero attached hydrogens (tertiary/aromatic N) is 1. The third-order valence-corrected chi connectivity index (χ3v) is 8.58. The molecule has 2 amide bonds. The van der Waals surface area contributed by atoms with E-state index < -0.39 is 70.8 Å². The zero-order valence-corrected chi connectivity index (χ0v) is 29.8. The van der Waals surface area contributed by atoms with Crippen LogP contribution in [0.4, 0.5) is 4.79 Å². The molecule has 0 aromatic carbocycles. The molecule has 11 heteroatoms. The summed E-state index contributed by atoms with van der Waals surface area (Å²) in [6, 6.07) is 1.02. The minimum Gasteiger partial charge on any atom is -0.444 e. The Morgan fingerprint density at radius 1 is 1.00 bits per heavy atom. The summed E-state index contributed by atoms with van der Waals surface area (Å²) < 4.78 is 5.47. The quantitative estimate of drug-likeness (QED) is 0.134. The molecule has 11 nitrogen and oxygen atoms in total. The predicted octanol–water partition coefficient (Wildman–Crippen LogP) is 4.60. The number of aliphatic hydroxyl groups is 1. The van der Waals surface area contributed by atoms with Gasteiger partial charge in [0, 0.05) is 12.2 Å². The smallest absolute Gasteiger partial charge is 0.408 e.